The van der Waals surface area contributed by atoms with E-state index in [2.05, 4.69) is 41.0 Å². The molecular formula is C26H28N8O2S2. The molecule has 2 amide bonds. The summed E-state index contributed by atoms with van der Waals surface area (Å²) in [5.74, 6) is -0.141. The smallest absolute Gasteiger partial charge is 0.233 e. The van der Waals surface area contributed by atoms with E-state index < -0.39 is 0 Å². The maximum absolute atomic E-state index is 12.6. The minimum atomic E-state index is -0.327. The fourth-order valence-electron chi connectivity index (χ4n) is 4.56. The lowest BCUT2D eigenvalue weighted by atomic mass is 10.0. The second kappa shape index (κ2) is 11.8. The number of carbonyl (C=O) groups excluding carboxylic acids is 2. The molecule has 12 heteroatoms. The van der Waals surface area contributed by atoms with Crippen molar-refractivity contribution in [2.24, 2.45) is 5.92 Å². The summed E-state index contributed by atoms with van der Waals surface area (Å²) in [6.07, 6.45) is 10.6. The lowest BCUT2D eigenvalue weighted by Crippen LogP contribution is -2.18. The Hall–Kier alpha value is -3.64. The van der Waals surface area contributed by atoms with Crippen LogP contribution in [0.15, 0.2) is 49.1 Å². The maximum Gasteiger partial charge on any atom is 0.233 e. The normalized spacial score (nSPS) is 18.6. The lowest BCUT2D eigenvalue weighted by molar-refractivity contribution is -0.118. The summed E-state index contributed by atoms with van der Waals surface area (Å²) in [7, 11) is 0. The third kappa shape index (κ3) is 6.25. The molecule has 0 radical (unpaired) electrons. The number of anilines is 2. The summed E-state index contributed by atoms with van der Waals surface area (Å²) in [5.41, 5.74) is 1.71. The van der Waals surface area contributed by atoms with Crippen molar-refractivity contribution in [1.29, 1.82) is 0 Å². The first-order valence-electron chi connectivity index (χ1n) is 12.5. The number of rotatable bonds is 9. The molecule has 1 saturated carbocycles. The zero-order valence-electron chi connectivity index (χ0n) is 21.1. The fraction of sp³-hybridized carbons (Fsp3) is 0.385. The van der Waals surface area contributed by atoms with Crippen molar-refractivity contribution < 1.29 is 9.59 Å². The summed E-state index contributed by atoms with van der Waals surface area (Å²) in [6.45, 7) is 3.69. The van der Waals surface area contributed by atoms with Gasteiger partial charge in [-0.15, -0.1) is 20.4 Å². The summed E-state index contributed by atoms with van der Waals surface area (Å²) >= 11 is 2.87. The van der Waals surface area contributed by atoms with Gasteiger partial charge < -0.3 is 10.6 Å². The topological polar surface area (TPSA) is 136 Å². The van der Waals surface area contributed by atoms with E-state index in [9.17, 15) is 9.59 Å². The van der Waals surface area contributed by atoms with E-state index in [-0.39, 0.29) is 23.7 Å². The quantitative estimate of drug-likeness (QED) is 0.305. The Morgan fingerprint density at radius 1 is 0.868 bits per heavy atom. The molecule has 38 heavy (non-hydrogen) atoms. The van der Waals surface area contributed by atoms with Gasteiger partial charge in [0, 0.05) is 37.1 Å². The molecule has 0 saturated heterocycles. The molecule has 196 valence electrons. The van der Waals surface area contributed by atoms with Crippen LogP contribution in [0, 0.1) is 5.92 Å². The molecule has 4 atom stereocenters. The van der Waals surface area contributed by atoms with Gasteiger partial charge in [-0.05, 0) is 62.3 Å². The number of hydrogen-bond donors (Lipinski definition) is 2. The van der Waals surface area contributed by atoms with Crippen LogP contribution >= 0.6 is 22.7 Å². The largest absolute Gasteiger partial charge is 0.300 e. The van der Waals surface area contributed by atoms with Gasteiger partial charge in [0.1, 0.15) is 10.0 Å². The van der Waals surface area contributed by atoms with E-state index in [1.165, 1.54) is 22.7 Å². The van der Waals surface area contributed by atoms with Crippen LogP contribution in [0.2, 0.25) is 0 Å². The van der Waals surface area contributed by atoms with Crippen molar-refractivity contribution in [2.45, 2.75) is 57.3 Å². The molecule has 0 spiro atoms. The van der Waals surface area contributed by atoms with E-state index >= 15 is 0 Å². The van der Waals surface area contributed by atoms with Gasteiger partial charge in [-0.1, -0.05) is 34.8 Å². The molecule has 0 aromatic carbocycles. The highest BCUT2D eigenvalue weighted by Crippen LogP contribution is 2.41. The first-order chi connectivity index (χ1) is 18.5. The molecule has 1 aliphatic rings. The van der Waals surface area contributed by atoms with Crippen molar-refractivity contribution in [2.75, 3.05) is 10.6 Å². The Morgan fingerprint density at radius 2 is 1.47 bits per heavy atom. The first kappa shape index (κ1) is 26.0. The highest BCUT2D eigenvalue weighted by Gasteiger charge is 2.30. The van der Waals surface area contributed by atoms with Gasteiger partial charge in [-0.25, -0.2) is 0 Å². The summed E-state index contributed by atoms with van der Waals surface area (Å²) < 4.78 is 0. The van der Waals surface area contributed by atoms with Gasteiger partial charge in [0.15, 0.2) is 0 Å². The first-order valence-corrected chi connectivity index (χ1v) is 14.2. The maximum atomic E-state index is 12.6. The molecule has 0 aliphatic heterocycles. The SMILES string of the molecule is CC(C(=O)Nc1nnc(CC2CCC(c3nnc(NC(=O)C(C)c4cccnc4)s3)C2)s1)c1cccnc1. The van der Waals surface area contributed by atoms with Gasteiger partial charge in [0.25, 0.3) is 0 Å². The molecule has 10 nitrogen and oxygen atoms in total. The number of carbonyl (C=O) groups is 2. The predicted molar refractivity (Wildman–Crippen MR) is 146 cm³/mol. The standard InChI is InChI=1S/C26H28N8O2S2/c1-15(19-5-3-9-27-13-19)22(35)29-25-33-31-21(37-25)12-17-7-8-18(11-17)24-32-34-26(38-24)30-23(36)16(2)20-6-4-10-28-14-20/h3-6,9-10,13-18H,7-8,11-12H2,1-2H3,(H,29,33,35)(H,30,34,36). The van der Waals surface area contributed by atoms with Gasteiger partial charge >= 0.3 is 0 Å². The van der Waals surface area contributed by atoms with Crippen molar-refractivity contribution in [3.63, 3.8) is 0 Å². The van der Waals surface area contributed by atoms with Gasteiger partial charge in [-0.3, -0.25) is 19.6 Å². The van der Waals surface area contributed by atoms with Crippen LogP contribution in [0.1, 0.15) is 72.0 Å². The average Bonchev–Trinajstić information content (AvgIpc) is 3.71. The Morgan fingerprint density at radius 3 is 2.08 bits per heavy atom. The van der Waals surface area contributed by atoms with E-state index in [4.69, 9.17) is 0 Å². The molecule has 4 unspecified atom stereocenters. The molecular weight excluding hydrogens is 520 g/mol. The highest BCUT2D eigenvalue weighted by atomic mass is 32.1. The summed E-state index contributed by atoms with van der Waals surface area (Å²) in [6, 6.07) is 7.41. The molecule has 4 heterocycles. The van der Waals surface area contributed by atoms with Crippen LogP contribution < -0.4 is 10.6 Å². The monoisotopic (exact) mass is 548 g/mol. The number of nitrogens with one attached hydrogen (secondary N) is 2. The Labute approximate surface area is 228 Å². The van der Waals surface area contributed by atoms with Crippen molar-refractivity contribution in [3.05, 3.63) is 70.2 Å². The number of amides is 2. The van der Waals surface area contributed by atoms with E-state index in [1.54, 1.807) is 24.8 Å². The number of nitrogens with zero attached hydrogens (tertiary/aromatic N) is 6. The summed E-state index contributed by atoms with van der Waals surface area (Å²) in [4.78, 5) is 33.4. The summed E-state index contributed by atoms with van der Waals surface area (Å²) in [5, 5.41) is 25.7. The number of pyridine rings is 2. The second-order valence-electron chi connectivity index (χ2n) is 9.52. The molecule has 4 aromatic rings. The van der Waals surface area contributed by atoms with E-state index in [1.807, 2.05) is 38.1 Å². The fourth-order valence-corrected chi connectivity index (χ4v) is 6.31. The van der Waals surface area contributed by atoms with Crippen LogP contribution in [0.5, 0.6) is 0 Å². The zero-order valence-corrected chi connectivity index (χ0v) is 22.7. The Bertz CT molecular complexity index is 1380. The van der Waals surface area contributed by atoms with Crippen LogP contribution in [0.4, 0.5) is 10.3 Å². The van der Waals surface area contributed by atoms with E-state index in [0.29, 0.717) is 22.1 Å². The Balaban J connectivity index is 1.11. The van der Waals surface area contributed by atoms with Crippen molar-refractivity contribution in [1.82, 2.24) is 30.4 Å². The molecule has 5 rings (SSSR count). The number of aromatic nitrogens is 6. The minimum Gasteiger partial charge on any atom is -0.300 e. The molecule has 1 fully saturated rings. The lowest BCUT2D eigenvalue weighted by Gasteiger charge is -2.10. The van der Waals surface area contributed by atoms with Gasteiger partial charge in [-0.2, -0.15) is 0 Å². The van der Waals surface area contributed by atoms with Crippen molar-refractivity contribution >= 4 is 44.8 Å². The third-order valence-corrected chi connectivity index (χ3v) is 8.74. The van der Waals surface area contributed by atoms with E-state index in [0.717, 1.165) is 46.8 Å². The molecule has 4 aromatic heterocycles. The molecule has 1 aliphatic carbocycles. The highest BCUT2D eigenvalue weighted by molar-refractivity contribution is 7.15. The predicted octanol–water partition coefficient (Wildman–Crippen LogP) is 4.79. The molecule has 2 N–H and O–H groups in total. The number of hydrogen-bond acceptors (Lipinski definition) is 10. The van der Waals surface area contributed by atoms with Gasteiger partial charge in [0.2, 0.25) is 22.1 Å². The third-order valence-electron chi connectivity index (χ3n) is 6.88. The average molecular weight is 549 g/mol. The second-order valence-corrected chi connectivity index (χ2v) is 11.6. The van der Waals surface area contributed by atoms with Crippen LogP contribution in [-0.4, -0.2) is 42.2 Å². The van der Waals surface area contributed by atoms with Crippen LogP contribution in [0.25, 0.3) is 0 Å². The van der Waals surface area contributed by atoms with Crippen LogP contribution in [0.3, 0.4) is 0 Å². The Kier molecular flexibility index (Phi) is 8.08. The molecule has 0 bridgehead atoms. The zero-order chi connectivity index (χ0) is 26.5. The minimum absolute atomic E-state index is 0.126. The van der Waals surface area contributed by atoms with Crippen molar-refractivity contribution in [3.8, 4) is 0 Å². The van der Waals surface area contributed by atoms with Crippen LogP contribution in [-0.2, 0) is 16.0 Å². The van der Waals surface area contributed by atoms with Gasteiger partial charge in [0.05, 0.1) is 11.8 Å².